The van der Waals surface area contributed by atoms with Crippen LogP contribution in [-0.4, -0.2) is 40.7 Å². The van der Waals surface area contributed by atoms with Crippen LogP contribution in [0.25, 0.3) is 22.4 Å². The van der Waals surface area contributed by atoms with E-state index < -0.39 is 0 Å². The Labute approximate surface area is 227 Å². The molecule has 0 spiro atoms. The molecule has 196 valence electrons. The molecule has 0 radical (unpaired) electrons. The van der Waals surface area contributed by atoms with Crippen LogP contribution in [0.5, 0.6) is 5.75 Å². The van der Waals surface area contributed by atoms with Crippen molar-refractivity contribution in [2.24, 2.45) is 0 Å². The Bertz CT molecular complexity index is 1240. The van der Waals surface area contributed by atoms with Gasteiger partial charge in [0.2, 0.25) is 0 Å². The van der Waals surface area contributed by atoms with E-state index in [-0.39, 0.29) is 0 Å². The van der Waals surface area contributed by atoms with Crippen LogP contribution in [0.2, 0.25) is 5.02 Å². The molecule has 4 rings (SSSR count). The number of benzene rings is 3. The number of ether oxygens (including phenoxy) is 1. The van der Waals surface area contributed by atoms with Crippen LogP contribution in [0, 0.1) is 0 Å². The molecule has 0 saturated heterocycles. The summed E-state index contributed by atoms with van der Waals surface area (Å²) in [6.07, 6.45) is 5.41. The van der Waals surface area contributed by atoms with Gasteiger partial charge in [0, 0.05) is 23.6 Å². The summed E-state index contributed by atoms with van der Waals surface area (Å²) in [4.78, 5) is 7.60. The number of aromatic nitrogens is 2. The number of rotatable bonds is 14. The molecule has 3 aromatic carbocycles. The van der Waals surface area contributed by atoms with Crippen LogP contribution in [0.15, 0.2) is 66.7 Å². The lowest BCUT2D eigenvalue weighted by atomic mass is 10.1. The first-order valence-electron chi connectivity index (χ1n) is 13.8. The second kappa shape index (κ2) is 13.6. The number of nitrogens with zero attached hydrogens (tertiary/aromatic N) is 3. The van der Waals surface area contributed by atoms with Crippen molar-refractivity contribution in [1.29, 1.82) is 0 Å². The molecule has 0 atom stereocenters. The molecule has 0 N–H and O–H groups in total. The molecule has 0 aliphatic rings. The SMILES string of the molecule is CCCCn1c(-c2ccc(OCCc3ccc(Cl)cc3)cc2)nc2cc(CCCN(CC)CC)ccc21. The second-order valence-corrected chi connectivity index (χ2v) is 10.1. The van der Waals surface area contributed by atoms with E-state index in [0.717, 1.165) is 79.5 Å². The number of aryl methyl sites for hydroxylation is 2. The minimum absolute atomic E-state index is 0.632. The maximum atomic E-state index is 6.01. The standard InChI is InChI=1S/C32H40ClN3O/c1-4-7-22-36-31-19-12-26(9-8-21-35(5-2)6-3)24-30(31)34-32(36)27-13-17-29(18-14-27)37-23-20-25-10-15-28(33)16-11-25/h10-19,24H,4-9,20-23H2,1-3H3. The van der Waals surface area contributed by atoms with Crippen molar-refractivity contribution in [1.82, 2.24) is 14.5 Å². The summed E-state index contributed by atoms with van der Waals surface area (Å²) < 4.78 is 8.39. The van der Waals surface area contributed by atoms with Crippen molar-refractivity contribution in [3.8, 4) is 17.1 Å². The maximum absolute atomic E-state index is 6.01. The van der Waals surface area contributed by atoms with Crippen molar-refractivity contribution >= 4 is 22.6 Å². The summed E-state index contributed by atoms with van der Waals surface area (Å²) in [5, 5.41) is 0.761. The van der Waals surface area contributed by atoms with E-state index >= 15 is 0 Å². The van der Waals surface area contributed by atoms with Crippen LogP contribution in [0.1, 0.15) is 51.2 Å². The average molecular weight is 518 g/mol. The number of halogens is 1. The van der Waals surface area contributed by atoms with Gasteiger partial charge in [0.15, 0.2) is 0 Å². The predicted molar refractivity (Wildman–Crippen MR) is 157 cm³/mol. The zero-order valence-electron chi connectivity index (χ0n) is 22.5. The maximum Gasteiger partial charge on any atom is 0.141 e. The molecule has 0 aliphatic heterocycles. The van der Waals surface area contributed by atoms with Gasteiger partial charge in [0.25, 0.3) is 0 Å². The molecule has 4 aromatic rings. The van der Waals surface area contributed by atoms with Gasteiger partial charge in [-0.3, -0.25) is 0 Å². The van der Waals surface area contributed by atoms with Crippen LogP contribution in [-0.2, 0) is 19.4 Å². The topological polar surface area (TPSA) is 30.3 Å². The first-order valence-corrected chi connectivity index (χ1v) is 14.2. The van der Waals surface area contributed by atoms with Crippen molar-refractivity contribution in [3.63, 3.8) is 0 Å². The first-order chi connectivity index (χ1) is 18.1. The van der Waals surface area contributed by atoms with Gasteiger partial charge in [-0.1, -0.05) is 57.0 Å². The molecule has 1 heterocycles. The molecule has 37 heavy (non-hydrogen) atoms. The fraction of sp³-hybridized carbons (Fsp3) is 0.406. The van der Waals surface area contributed by atoms with Crippen LogP contribution in [0.3, 0.4) is 0 Å². The molecule has 0 fully saturated rings. The highest BCUT2D eigenvalue weighted by atomic mass is 35.5. The smallest absolute Gasteiger partial charge is 0.141 e. The zero-order chi connectivity index (χ0) is 26.0. The molecular weight excluding hydrogens is 478 g/mol. The molecule has 0 aliphatic carbocycles. The van der Waals surface area contributed by atoms with Gasteiger partial charge in [-0.05, 0) is 98.6 Å². The molecule has 0 bridgehead atoms. The monoisotopic (exact) mass is 517 g/mol. The Kier molecular flexibility index (Phi) is 10.0. The Morgan fingerprint density at radius 1 is 0.838 bits per heavy atom. The van der Waals surface area contributed by atoms with E-state index in [1.54, 1.807) is 0 Å². The van der Waals surface area contributed by atoms with E-state index in [0.29, 0.717) is 6.61 Å². The minimum Gasteiger partial charge on any atom is -0.493 e. The van der Waals surface area contributed by atoms with E-state index in [9.17, 15) is 0 Å². The largest absolute Gasteiger partial charge is 0.493 e. The first kappa shape index (κ1) is 27.2. The third kappa shape index (κ3) is 7.37. The van der Waals surface area contributed by atoms with Crippen LogP contribution in [0.4, 0.5) is 0 Å². The lowest BCUT2D eigenvalue weighted by Crippen LogP contribution is -2.24. The highest BCUT2D eigenvalue weighted by Crippen LogP contribution is 2.28. The van der Waals surface area contributed by atoms with Gasteiger partial charge in [-0.15, -0.1) is 0 Å². The van der Waals surface area contributed by atoms with Gasteiger partial charge in [0.05, 0.1) is 17.6 Å². The third-order valence-corrected chi connectivity index (χ3v) is 7.32. The average Bonchev–Trinajstić information content (AvgIpc) is 3.29. The summed E-state index contributed by atoms with van der Waals surface area (Å²) in [5.74, 6) is 1.92. The van der Waals surface area contributed by atoms with Gasteiger partial charge < -0.3 is 14.2 Å². The van der Waals surface area contributed by atoms with E-state index in [1.807, 2.05) is 24.3 Å². The number of fused-ring (bicyclic) bond motifs is 1. The summed E-state index contributed by atoms with van der Waals surface area (Å²) in [6.45, 7) is 11.7. The molecule has 0 amide bonds. The fourth-order valence-electron chi connectivity index (χ4n) is 4.78. The normalized spacial score (nSPS) is 11.5. The Morgan fingerprint density at radius 3 is 2.27 bits per heavy atom. The summed E-state index contributed by atoms with van der Waals surface area (Å²) in [5.41, 5.74) is 6.03. The molecule has 0 unspecified atom stereocenters. The van der Waals surface area contributed by atoms with Gasteiger partial charge in [-0.25, -0.2) is 4.98 Å². The summed E-state index contributed by atoms with van der Waals surface area (Å²) in [6, 6.07) is 23.2. The van der Waals surface area contributed by atoms with Crippen molar-refractivity contribution < 1.29 is 4.74 Å². The van der Waals surface area contributed by atoms with Crippen molar-refractivity contribution in [2.45, 2.75) is 59.4 Å². The highest BCUT2D eigenvalue weighted by Gasteiger charge is 2.13. The Balaban J connectivity index is 1.46. The quantitative estimate of drug-likeness (QED) is 0.169. The second-order valence-electron chi connectivity index (χ2n) is 9.64. The number of hydrogen-bond donors (Lipinski definition) is 0. The van der Waals surface area contributed by atoms with Gasteiger partial charge in [0.1, 0.15) is 11.6 Å². The van der Waals surface area contributed by atoms with Gasteiger partial charge >= 0.3 is 0 Å². The summed E-state index contributed by atoms with van der Waals surface area (Å²) in [7, 11) is 0. The summed E-state index contributed by atoms with van der Waals surface area (Å²) >= 11 is 5.98. The van der Waals surface area contributed by atoms with Crippen molar-refractivity contribution in [2.75, 3.05) is 26.2 Å². The molecule has 1 aromatic heterocycles. The van der Waals surface area contributed by atoms with Crippen LogP contribution < -0.4 is 4.74 Å². The fourth-order valence-corrected chi connectivity index (χ4v) is 4.90. The van der Waals surface area contributed by atoms with E-state index in [2.05, 4.69) is 72.7 Å². The molecule has 5 heteroatoms. The molecular formula is C32H40ClN3O. The zero-order valence-corrected chi connectivity index (χ0v) is 23.3. The third-order valence-electron chi connectivity index (χ3n) is 7.07. The lowest BCUT2D eigenvalue weighted by molar-refractivity contribution is 0.300. The highest BCUT2D eigenvalue weighted by molar-refractivity contribution is 6.30. The van der Waals surface area contributed by atoms with E-state index in [4.69, 9.17) is 21.3 Å². The number of unbranched alkanes of at least 4 members (excludes halogenated alkanes) is 1. The molecule has 0 saturated carbocycles. The molecule has 4 nitrogen and oxygen atoms in total. The number of hydrogen-bond acceptors (Lipinski definition) is 3. The Hall–Kier alpha value is -2.82. The Morgan fingerprint density at radius 2 is 1.57 bits per heavy atom. The predicted octanol–water partition coefficient (Wildman–Crippen LogP) is 8.05. The lowest BCUT2D eigenvalue weighted by Gasteiger charge is -2.17. The minimum atomic E-state index is 0.632. The van der Waals surface area contributed by atoms with Gasteiger partial charge in [-0.2, -0.15) is 0 Å². The number of imidazole rings is 1. The van der Waals surface area contributed by atoms with E-state index in [1.165, 1.54) is 23.1 Å². The van der Waals surface area contributed by atoms with Crippen LogP contribution >= 0.6 is 11.6 Å². The van der Waals surface area contributed by atoms with Crippen molar-refractivity contribution in [3.05, 3.63) is 82.9 Å².